The van der Waals surface area contributed by atoms with E-state index in [0.29, 0.717) is 5.75 Å². The first-order valence-electron chi connectivity index (χ1n) is 8.67. The van der Waals surface area contributed by atoms with Gasteiger partial charge < -0.3 is 9.42 Å². The quantitative estimate of drug-likeness (QED) is 0.794. The SMILES string of the molecule is Cc1noc(C)c1CSCC(=O)N1CCN(Cc2ccccc2)CC1. The zero-order valence-electron chi connectivity index (χ0n) is 14.9. The average molecular weight is 359 g/mol. The fraction of sp³-hybridized carbons (Fsp3) is 0.474. The topological polar surface area (TPSA) is 49.6 Å². The Balaban J connectivity index is 1.39. The molecule has 5 nitrogen and oxygen atoms in total. The zero-order valence-corrected chi connectivity index (χ0v) is 15.7. The molecular formula is C19H25N3O2S. The highest BCUT2D eigenvalue weighted by Crippen LogP contribution is 2.20. The van der Waals surface area contributed by atoms with Crippen molar-refractivity contribution in [2.24, 2.45) is 0 Å². The van der Waals surface area contributed by atoms with Gasteiger partial charge in [-0.25, -0.2) is 0 Å². The Kier molecular flexibility index (Phi) is 6.15. The van der Waals surface area contributed by atoms with Gasteiger partial charge in [0.15, 0.2) is 0 Å². The number of hydrogen-bond acceptors (Lipinski definition) is 5. The van der Waals surface area contributed by atoms with E-state index in [2.05, 4.69) is 34.3 Å². The molecule has 1 aromatic carbocycles. The highest BCUT2D eigenvalue weighted by atomic mass is 32.2. The normalized spacial score (nSPS) is 15.5. The number of carbonyl (C=O) groups is 1. The molecule has 1 aromatic heterocycles. The Bertz CT molecular complexity index is 674. The summed E-state index contributed by atoms with van der Waals surface area (Å²) in [6.07, 6.45) is 0. The lowest BCUT2D eigenvalue weighted by Crippen LogP contribution is -2.48. The van der Waals surface area contributed by atoms with Crippen LogP contribution in [0.3, 0.4) is 0 Å². The molecule has 1 amide bonds. The molecule has 0 atom stereocenters. The van der Waals surface area contributed by atoms with E-state index in [-0.39, 0.29) is 5.91 Å². The third-order valence-electron chi connectivity index (χ3n) is 4.63. The second-order valence-electron chi connectivity index (χ2n) is 6.44. The summed E-state index contributed by atoms with van der Waals surface area (Å²) >= 11 is 1.64. The van der Waals surface area contributed by atoms with E-state index in [1.807, 2.05) is 24.8 Å². The van der Waals surface area contributed by atoms with E-state index in [1.54, 1.807) is 11.8 Å². The summed E-state index contributed by atoms with van der Waals surface area (Å²) in [5.41, 5.74) is 3.37. The van der Waals surface area contributed by atoms with Gasteiger partial charge in [0.25, 0.3) is 0 Å². The van der Waals surface area contributed by atoms with Gasteiger partial charge >= 0.3 is 0 Å². The van der Waals surface area contributed by atoms with Crippen molar-refractivity contribution in [1.82, 2.24) is 15.0 Å². The molecule has 0 spiro atoms. The van der Waals surface area contributed by atoms with E-state index >= 15 is 0 Å². The maximum atomic E-state index is 12.4. The molecule has 0 N–H and O–H groups in total. The summed E-state index contributed by atoms with van der Waals surface area (Å²) in [6, 6.07) is 10.5. The Hall–Kier alpha value is -1.79. The molecule has 1 aliphatic heterocycles. The molecule has 1 fully saturated rings. The Labute approximate surface area is 153 Å². The molecule has 0 aliphatic carbocycles. The van der Waals surface area contributed by atoms with Crippen LogP contribution in [0.25, 0.3) is 0 Å². The second-order valence-corrected chi connectivity index (χ2v) is 7.42. The summed E-state index contributed by atoms with van der Waals surface area (Å²) in [7, 11) is 0. The average Bonchev–Trinajstić information content (AvgIpc) is 2.95. The van der Waals surface area contributed by atoms with Crippen LogP contribution < -0.4 is 0 Å². The lowest BCUT2D eigenvalue weighted by atomic mass is 10.2. The van der Waals surface area contributed by atoms with Crippen LogP contribution in [0.4, 0.5) is 0 Å². The van der Waals surface area contributed by atoms with Crippen LogP contribution in [0.1, 0.15) is 22.6 Å². The van der Waals surface area contributed by atoms with E-state index in [4.69, 9.17) is 4.52 Å². The number of carbonyl (C=O) groups excluding carboxylic acids is 1. The van der Waals surface area contributed by atoms with Gasteiger partial charge in [0, 0.05) is 44.0 Å². The van der Waals surface area contributed by atoms with Crippen LogP contribution in [0.2, 0.25) is 0 Å². The predicted octanol–water partition coefficient (Wildman–Crippen LogP) is 2.87. The van der Waals surface area contributed by atoms with Gasteiger partial charge in [-0.15, -0.1) is 11.8 Å². The lowest BCUT2D eigenvalue weighted by molar-refractivity contribution is -0.130. The van der Waals surface area contributed by atoms with Gasteiger partial charge in [-0.3, -0.25) is 9.69 Å². The smallest absolute Gasteiger partial charge is 0.232 e. The number of thioether (sulfide) groups is 1. The van der Waals surface area contributed by atoms with Crippen LogP contribution in [-0.2, 0) is 17.1 Å². The first kappa shape index (κ1) is 18.0. The van der Waals surface area contributed by atoms with Gasteiger partial charge in [0.05, 0.1) is 11.4 Å². The standard InChI is InChI=1S/C19H25N3O2S/c1-15-18(16(2)24-20-15)13-25-14-19(23)22-10-8-21(9-11-22)12-17-6-4-3-5-7-17/h3-7H,8-14H2,1-2H3. The van der Waals surface area contributed by atoms with Crippen molar-refractivity contribution in [3.8, 4) is 0 Å². The molecular weight excluding hydrogens is 334 g/mol. The maximum Gasteiger partial charge on any atom is 0.232 e. The molecule has 0 saturated carbocycles. The summed E-state index contributed by atoms with van der Waals surface area (Å²) in [5.74, 6) is 2.38. The number of nitrogens with zero attached hydrogens (tertiary/aromatic N) is 3. The van der Waals surface area contributed by atoms with Crippen molar-refractivity contribution >= 4 is 17.7 Å². The van der Waals surface area contributed by atoms with Gasteiger partial charge in [-0.1, -0.05) is 35.5 Å². The minimum absolute atomic E-state index is 0.233. The van der Waals surface area contributed by atoms with Crippen molar-refractivity contribution in [3.05, 3.63) is 52.9 Å². The number of aryl methyl sites for hydroxylation is 2. The fourth-order valence-electron chi connectivity index (χ4n) is 3.04. The monoisotopic (exact) mass is 359 g/mol. The molecule has 0 radical (unpaired) electrons. The third kappa shape index (κ3) is 4.86. The molecule has 134 valence electrons. The summed E-state index contributed by atoms with van der Waals surface area (Å²) < 4.78 is 5.17. The minimum Gasteiger partial charge on any atom is -0.361 e. The minimum atomic E-state index is 0.233. The molecule has 1 saturated heterocycles. The first-order valence-corrected chi connectivity index (χ1v) is 9.82. The van der Waals surface area contributed by atoms with Crippen LogP contribution >= 0.6 is 11.8 Å². The van der Waals surface area contributed by atoms with Gasteiger partial charge in [0.1, 0.15) is 5.76 Å². The molecule has 1 aliphatic rings. The van der Waals surface area contributed by atoms with Crippen LogP contribution in [0.5, 0.6) is 0 Å². The van der Waals surface area contributed by atoms with Crippen molar-refractivity contribution in [3.63, 3.8) is 0 Å². The number of amides is 1. The van der Waals surface area contributed by atoms with Crippen molar-refractivity contribution in [2.45, 2.75) is 26.1 Å². The molecule has 6 heteroatoms. The first-order chi connectivity index (χ1) is 12.1. The Morgan fingerprint density at radius 3 is 2.52 bits per heavy atom. The highest BCUT2D eigenvalue weighted by Gasteiger charge is 2.21. The number of hydrogen-bond donors (Lipinski definition) is 0. The van der Waals surface area contributed by atoms with Crippen molar-refractivity contribution in [2.75, 3.05) is 31.9 Å². The summed E-state index contributed by atoms with van der Waals surface area (Å²) in [6.45, 7) is 8.34. The summed E-state index contributed by atoms with van der Waals surface area (Å²) in [5, 5.41) is 3.96. The van der Waals surface area contributed by atoms with Crippen molar-refractivity contribution in [1.29, 1.82) is 0 Å². The number of benzene rings is 1. The highest BCUT2D eigenvalue weighted by molar-refractivity contribution is 7.99. The lowest BCUT2D eigenvalue weighted by Gasteiger charge is -2.34. The van der Waals surface area contributed by atoms with E-state index in [9.17, 15) is 4.79 Å². The predicted molar refractivity (Wildman–Crippen MR) is 100 cm³/mol. The number of rotatable bonds is 6. The van der Waals surface area contributed by atoms with Crippen LogP contribution in [0, 0.1) is 13.8 Å². The number of aromatic nitrogens is 1. The maximum absolute atomic E-state index is 12.4. The third-order valence-corrected chi connectivity index (χ3v) is 5.57. The van der Waals surface area contributed by atoms with Gasteiger partial charge in [-0.2, -0.15) is 0 Å². The Morgan fingerprint density at radius 2 is 1.88 bits per heavy atom. The molecule has 0 bridgehead atoms. The van der Waals surface area contributed by atoms with Crippen LogP contribution in [-0.4, -0.2) is 52.8 Å². The van der Waals surface area contributed by atoms with Crippen LogP contribution in [0.15, 0.2) is 34.9 Å². The van der Waals surface area contributed by atoms with Gasteiger partial charge in [-0.05, 0) is 19.4 Å². The molecule has 2 aromatic rings. The molecule has 0 unspecified atom stereocenters. The van der Waals surface area contributed by atoms with Gasteiger partial charge in [0.2, 0.25) is 5.91 Å². The largest absolute Gasteiger partial charge is 0.361 e. The fourth-order valence-corrected chi connectivity index (χ4v) is 4.11. The molecule has 25 heavy (non-hydrogen) atoms. The van der Waals surface area contributed by atoms with E-state index < -0.39 is 0 Å². The van der Waals surface area contributed by atoms with E-state index in [1.165, 1.54) is 5.56 Å². The number of piperazine rings is 1. The Morgan fingerprint density at radius 1 is 1.16 bits per heavy atom. The molecule has 2 heterocycles. The molecule has 3 rings (SSSR count). The van der Waals surface area contributed by atoms with E-state index in [0.717, 1.165) is 55.5 Å². The summed E-state index contributed by atoms with van der Waals surface area (Å²) in [4.78, 5) is 16.8. The second kappa shape index (κ2) is 8.54. The van der Waals surface area contributed by atoms with Crippen molar-refractivity contribution < 1.29 is 9.32 Å². The zero-order chi connectivity index (χ0) is 17.6.